The van der Waals surface area contributed by atoms with Crippen LogP contribution in [0.4, 0.5) is 17.1 Å². The van der Waals surface area contributed by atoms with Gasteiger partial charge in [-0.05, 0) is 99.4 Å². The third kappa shape index (κ3) is 6.01. The van der Waals surface area contributed by atoms with Gasteiger partial charge in [0.25, 0.3) is 0 Å². The van der Waals surface area contributed by atoms with Gasteiger partial charge in [0.05, 0.1) is 11.0 Å². The van der Waals surface area contributed by atoms with E-state index in [0.717, 1.165) is 22.7 Å². The molecule has 0 fully saturated rings. The van der Waals surface area contributed by atoms with Gasteiger partial charge in [-0.1, -0.05) is 170 Å². The predicted octanol–water partition coefficient (Wildman–Crippen LogP) is 16.8. The number of thiophene rings is 1. The van der Waals surface area contributed by atoms with Crippen LogP contribution < -0.4 is 4.90 Å². The lowest BCUT2D eigenvalue weighted by Gasteiger charge is -2.26. The summed E-state index contributed by atoms with van der Waals surface area (Å²) in [5.41, 5.74) is 14.2. The number of rotatable bonds is 7. The summed E-state index contributed by atoms with van der Waals surface area (Å²) in [5.74, 6) is 0. The van der Waals surface area contributed by atoms with Gasteiger partial charge in [0.2, 0.25) is 0 Å². The monoisotopic (exact) mass is 794 g/mol. The molecule has 0 radical (unpaired) electrons. The zero-order valence-electron chi connectivity index (χ0n) is 33.2. The van der Waals surface area contributed by atoms with Crippen molar-refractivity contribution < 1.29 is 0 Å². The summed E-state index contributed by atoms with van der Waals surface area (Å²) in [7, 11) is 0. The van der Waals surface area contributed by atoms with Crippen molar-refractivity contribution in [3.05, 3.63) is 231 Å². The molecule has 12 aromatic rings. The Bertz CT molecular complexity index is 3550. The largest absolute Gasteiger partial charge is 0.311 e. The molecule has 61 heavy (non-hydrogen) atoms. The zero-order chi connectivity index (χ0) is 40.3. The molecule has 0 amide bonds. The van der Waals surface area contributed by atoms with Crippen LogP contribution >= 0.6 is 11.3 Å². The first-order valence-corrected chi connectivity index (χ1v) is 21.6. The quantitative estimate of drug-likeness (QED) is 0.156. The molecule has 3 heteroatoms. The van der Waals surface area contributed by atoms with E-state index in [-0.39, 0.29) is 0 Å². The molecule has 10 aromatic carbocycles. The van der Waals surface area contributed by atoms with E-state index < -0.39 is 0 Å². The van der Waals surface area contributed by atoms with Crippen LogP contribution in [0.15, 0.2) is 231 Å². The van der Waals surface area contributed by atoms with Crippen LogP contribution in [-0.4, -0.2) is 4.57 Å². The van der Waals surface area contributed by atoms with E-state index in [0.29, 0.717) is 0 Å². The number of hydrogen-bond donors (Lipinski definition) is 0. The molecule has 2 aromatic heterocycles. The molecule has 0 bridgehead atoms. The lowest BCUT2D eigenvalue weighted by molar-refractivity contribution is 1.19. The molecule has 0 saturated carbocycles. The van der Waals surface area contributed by atoms with Gasteiger partial charge in [0.15, 0.2) is 0 Å². The number of anilines is 3. The van der Waals surface area contributed by atoms with Crippen molar-refractivity contribution in [3.8, 4) is 39.1 Å². The Morgan fingerprint density at radius 2 is 0.885 bits per heavy atom. The van der Waals surface area contributed by atoms with Crippen LogP contribution in [0.3, 0.4) is 0 Å². The van der Waals surface area contributed by atoms with Crippen molar-refractivity contribution >= 4 is 81.1 Å². The molecule has 286 valence electrons. The highest BCUT2D eigenvalue weighted by atomic mass is 32.1. The molecule has 0 saturated heterocycles. The summed E-state index contributed by atoms with van der Waals surface area (Å²) >= 11 is 1.88. The molecule has 0 aliphatic rings. The smallest absolute Gasteiger partial charge is 0.0619 e. The normalized spacial score (nSPS) is 11.6. The predicted molar refractivity (Wildman–Crippen MR) is 262 cm³/mol. The Morgan fingerprint density at radius 1 is 0.344 bits per heavy atom. The van der Waals surface area contributed by atoms with E-state index in [1.54, 1.807) is 0 Å². The summed E-state index contributed by atoms with van der Waals surface area (Å²) in [5, 5.41) is 7.65. The third-order valence-corrected chi connectivity index (χ3v) is 13.4. The maximum absolute atomic E-state index is 2.44. The number of para-hydroxylation sites is 1. The first kappa shape index (κ1) is 35.2. The third-order valence-electron chi connectivity index (χ3n) is 12.2. The fourth-order valence-electron chi connectivity index (χ4n) is 9.25. The Balaban J connectivity index is 0.954. The molecule has 0 atom stereocenters. The van der Waals surface area contributed by atoms with Crippen molar-refractivity contribution in [2.24, 2.45) is 0 Å². The molecular weight excluding hydrogens is 757 g/mol. The van der Waals surface area contributed by atoms with E-state index in [1.165, 1.54) is 86.1 Å². The van der Waals surface area contributed by atoms with Gasteiger partial charge in [0.1, 0.15) is 0 Å². The van der Waals surface area contributed by atoms with Crippen molar-refractivity contribution in [3.63, 3.8) is 0 Å². The lowest BCUT2D eigenvalue weighted by Crippen LogP contribution is -2.09. The summed E-state index contributed by atoms with van der Waals surface area (Å²) in [6.45, 7) is 0. The Kier molecular flexibility index (Phi) is 8.39. The molecule has 12 rings (SSSR count). The first-order valence-electron chi connectivity index (χ1n) is 20.8. The fourth-order valence-corrected chi connectivity index (χ4v) is 10.5. The minimum Gasteiger partial charge on any atom is -0.311 e. The van der Waals surface area contributed by atoms with Crippen molar-refractivity contribution in [1.82, 2.24) is 4.57 Å². The number of aromatic nitrogens is 1. The Hall–Kier alpha value is -7.72. The summed E-state index contributed by atoms with van der Waals surface area (Å²) < 4.78 is 5.09. The van der Waals surface area contributed by atoms with Crippen molar-refractivity contribution in [1.29, 1.82) is 0 Å². The van der Waals surface area contributed by atoms with E-state index in [1.807, 2.05) is 11.3 Å². The highest BCUT2D eigenvalue weighted by Gasteiger charge is 2.18. The summed E-state index contributed by atoms with van der Waals surface area (Å²) in [4.78, 5) is 2.37. The van der Waals surface area contributed by atoms with Crippen LogP contribution in [0.2, 0.25) is 0 Å². The van der Waals surface area contributed by atoms with Crippen LogP contribution in [0, 0.1) is 0 Å². The van der Waals surface area contributed by atoms with E-state index >= 15 is 0 Å². The highest BCUT2D eigenvalue weighted by molar-refractivity contribution is 7.26. The molecule has 0 aliphatic carbocycles. The molecule has 0 spiro atoms. The van der Waals surface area contributed by atoms with E-state index in [2.05, 4.69) is 240 Å². The average molecular weight is 795 g/mol. The van der Waals surface area contributed by atoms with Crippen LogP contribution in [-0.2, 0) is 0 Å². The lowest BCUT2D eigenvalue weighted by atomic mass is 10.0. The number of fused-ring (bicyclic) bond motifs is 8. The second-order valence-corrected chi connectivity index (χ2v) is 16.8. The van der Waals surface area contributed by atoms with Gasteiger partial charge in [-0.25, -0.2) is 0 Å². The zero-order valence-corrected chi connectivity index (χ0v) is 34.1. The highest BCUT2D eigenvalue weighted by Crippen LogP contribution is 2.43. The van der Waals surface area contributed by atoms with Crippen molar-refractivity contribution in [2.75, 3.05) is 4.90 Å². The van der Waals surface area contributed by atoms with Crippen LogP contribution in [0.25, 0.3) is 91.8 Å². The maximum Gasteiger partial charge on any atom is 0.0619 e. The minimum atomic E-state index is 1.10. The maximum atomic E-state index is 2.44. The first-order chi connectivity index (χ1) is 30.2. The number of benzene rings is 10. The fraction of sp³-hybridized carbons (Fsp3) is 0. The van der Waals surface area contributed by atoms with Gasteiger partial charge >= 0.3 is 0 Å². The topological polar surface area (TPSA) is 8.17 Å². The van der Waals surface area contributed by atoms with Crippen molar-refractivity contribution in [2.45, 2.75) is 0 Å². The Morgan fingerprint density at radius 3 is 1.61 bits per heavy atom. The molecular formula is C58H38N2S. The second kappa shape index (κ2) is 14.5. The minimum absolute atomic E-state index is 1.10. The summed E-state index contributed by atoms with van der Waals surface area (Å²) in [6.07, 6.45) is 0. The van der Waals surface area contributed by atoms with Gasteiger partial charge in [0, 0.05) is 59.1 Å². The van der Waals surface area contributed by atoms with Gasteiger partial charge < -0.3 is 9.47 Å². The molecule has 0 aliphatic heterocycles. The average Bonchev–Trinajstić information content (AvgIpc) is 3.89. The molecule has 0 N–H and O–H groups in total. The summed E-state index contributed by atoms with van der Waals surface area (Å²) in [6, 6.07) is 84.0. The number of hydrogen-bond acceptors (Lipinski definition) is 2. The molecule has 2 heterocycles. The van der Waals surface area contributed by atoms with E-state index in [4.69, 9.17) is 0 Å². The van der Waals surface area contributed by atoms with Crippen LogP contribution in [0.1, 0.15) is 0 Å². The van der Waals surface area contributed by atoms with E-state index in [9.17, 15) is 0 Å². The number of nitrogens with zero attached hydrogens (tertiary/aromatic N) is 2. The van der Waals surface area contributed by atoms with Gasteiger partial charge in [-0.2, -0.15) is 0 Å². The standard InChI is InChI=1S/C58H38N2S/c1-3-12-39(13-4-1)40-22-30-46(31-23-40)59(48-34-26-43(27-35-48)50-19-11-20-54-52-18-9-10-21-56(52)61-58(50)54)47-32-24-41(25-33-47)44-29-36-51-53-37-28-42-14-7-8-17-49(42)57(53)60(55(51)38-44)45-15-5-2-6-16-45/h1-38H. The van der Waals surface area contributed by atoms with Gasteiger partial charge in [-0.15, -0.1) is 11.3 Å². The van der Waals surface area contributed by atoms with Gasteiger partial charge in [-0.3, -0.25) is 0 Å². The molecule has 0 unspecified atom stereocenters. The SMILES string of the molecule is c1ccc(-c2ccc(N(c3ccc(-c4ccc5c6ccc7ccccc7c6n(-c6ccccc6)c5c4)cc3)c3ccc(-c4cccc5c4sc4ccccc45)cc3)cc2)cc1. The van der Waals surface area contributed by atoms with Crippen LogP contribution in [0.5, 0.6) is 0 Å². The molecule has 2 nitrogen and oxygen atoms in total. The Labute approximate surface area is 358 Å². The second-order valence-electron chi connectivity index (χ2n) is 15.7.